The van der Waals surface area contributed by atoms with Crippen LogP contribution in [0.3, 0.4) is 0 Å². The van der Waals surface area contributed by atoms with Gasteiger partial charge < -0.3 is 11.5 Å². The van der Waals surface area contributed by atoms with Crippen LogP contribution in [0.5, 0.6) is 0 Å². The van der Waals surface area contributed by atoms with E-state index in [1.807, 2.05) is 13.8 Å². The fourth-order valence-corrected chi connectivity index (χ4v) is 3.17. The zero-order valence-corrected chi connectivity index (χ0v) is 19.6. The fourth-order valence-electron chi connectivity index (χ4n) is 3.17. The van der Waals surface area contributed by atoms with E-state index in [2.05, 4.69) is 67.4 Å². The third-order valence-corrected chi connectivity index (χ3v) is 4.88. The van der Waals surface area contributed by atoms with Crippen LogP contribution < -0.4 is 22.3 Å². The highest BCUT2D eigenvalue weighted by Gasteiger charge is 2.19. The smallest absolute Gasteiger partial charge is 0.209 e. The van der Waals surface area contributed by atoms with Crippen LogP contribution in [0.15, 0.2) is 56.6 Å². The molecule has 3 rings (SSSR count). The molecule has 0 saturated carbocycles. The molecule has 0 heterocycles. The van der Waals surface area contributed by atoms with Crippen molar-refractivity contribution in [3.63, 3.8) is 0 Å². The largest absolute Gasteiger partial charge is 0.369 e. The average Bonchev–Trinajstić information content (AvgIpc) is 3.11. The summed E-state index contributed by atoms with van der Waals surface area (Å²) in [5, 5.41) is 8.57. The summed E-state index contributed by atoms with van der Waals surface area (Å²) >= 11 is 0. The van der Waals surface area contributed by atoms with Gasteiger partial charge in [-0.1, -0.05) is 24.3 Å². The van der Waals surface area contributed by atoms with Crippen LogP contribution in [0.4, 0.5) is 0 Å². The minimum absolute atomic E-state index is 0. The molecular weight excluding hydrogens is 435 g/mol. The zero-order valence-electron chi connectivity index (χ0n) is 17.9. The monoisotopic (exact) mass is 462 g/mol. The minimum atomic E-state index is 0. The second-order valence-corrected chi connectivity index (χ2v) is 6.76. The van der Waals surface area contributed by atoms with E-state index in [1.165, 1.54) is 22.3 Å². The van der Waals surface area contributed by atoms with Crippen molar-refractivity contribution in [2.45, 2.75) is 20.3 Å². The van der Waals surface area contributed by atoms with Gasteiger partial charge in [0, 0.05) is 14.1 Å². The molecule has 0 unspecified atom stereocenters. The van der Waals surface area contributed by atoms with E-state index in [0.29, 0.717) is 0 Å². The second-order valence-electron chi connectivity index (χ2n) is 6.76. The number of nitrogens with zero attached hydrogens (tertiary/aromatic N) is 4. The number of hydrogen-bond acceptors (Lipinski definition) is 4. The summed E-state index contributed by atoms with van der Waals surface area (Å²) in [6.45, 7) is 3.88. The zero-order chi connectivity index (χ0) is 21.0. The first-order valence-electron chi connectivity index (χ1n) is 9.25. The molecule has 0 amide bonds. The maximum absolute atomic E-state index is 5.64. The number of hydrazone groups is 2. The van der Waals surface area contributed by atoms with Crippen LogP contribution in [-0.2, 0) is 6.42 Å². The lowest BCUT2D eigenvalue weighted by atomic mass is 10.0. The Morgan fingerprint density at radius 1 is 0.742 bits per heavy atom. The Balaban J connectivity index is 0.00000240. The first-order chi connectivity index (χ1) is 13.9. The van der Waals surface area contributed by atoms with Crippen molar-refractivity contribution in [1.29, 1.82) is 0 Å². The van der Waals surface area contributed by atoms with Crippen LogP contribution in [0.25, 0.3) is 11.1 Å². The molecule has 6 N–H and O–H groups in total. The van der Waals surface area contributed by atoms with Crippen molar-refractivity contribution in [2.75, 3.05) is 14.1 Å². The highest BCUT2D eigenvalue weighted by molar-refractivity contribution is 6.02. The average molecular weight is 463 g/mol. The molecular formula is C21H28Cl2N8. The first kappa shape index (κ1) is 25.9. The molecule has 0 aromatic heterocycles. The van der Waals surface area contributed by atoms with Crippen molar-refractivity contribution < 1.29 is 0 Å². The Bertz CT molecular complexity index is 974. The number of fused-ring (bicyclic) bond motifs is 3. The molecule has 1 aliphatic rings. The fraction of sp³-hybridized carbons (Fsp3) is 0.238. The number of hydrogen-bond donors (Lipinski definition) is 4. The SMILES string of the molecule is CN=C(N)NN=C(C)c1ccc2c(c1)Cc1cc(C(C)=NNC(N)=NC)ccc1-2.Cl.Cl. The van der Waals surface area contributed by atoms with Crippen molar-refractivity contribution in [3.8, 4) is 11.1 Å². The van der Waals surface area contributed by atoms with Gasteiger partial charge >= 0.3 is 0 Å². The number of halogens is 2. The third kappa shape index (κ3) is 5.96. The van der Waals surface area contributed by atoms with E-state index in [0.717, 1.165) is 29.0 Å². The number of nitrogens with one attached hydrogen (secondary N) is 2. The molecule has 8 nitrogen and oxygen atoms in total. The van der Waals surface area contributed by atoms with Crippen LogP contribution in [0.2, 0.25) is 0 Å². The maximum atomic E-state index is 5.64. The summed E-state index contributed by atoms with van der Waals surface area (Å²) in [4.78, 5) is 7.68. The van der Waals surface area contributed by atoms with Gasteiger partial charge in [0.05, 0.1) is 11.4 Å². The normalized spacial score (nSPS) is 13.5. The van der Waals surface area contributed by atoms with Gasteiger partial charge in [-0.15, -0.1) is 24.8 Å². The topological polar surface area (TPSA) is 126 Å². The molecule has 166 valence electrons. The number of guanidine groups is 2. The highest BCUT2D eigenvalue weighted by Crippen LogP contribution is 2.37. The van der Waals surface area contributed by atoms with Crippen molar-refractivity contribution in [1.82, 2.24) is 10.9 Å². The van der Waals surface area contributed by atoms with Gasteiger partial charge in [0.15, 0.2) is 0 Å². The van der Waals surface area contributed by atoms with E-state index in [9.17, 15) is 0 Å². The summed E-state index contributed by atoms with van der Waals surface area (Å²) in [7, 11) is 3.23. The molecule has 0 spiro atoms. The van der Waals surface area contributed by atoms with Crippen LogP contribution in [-0.4, -0.2) is 37.4 Å². The summed E-state index contributed by atoms with van der Waals surface area (Å²) in [6.07, 6.45) is 0.866. The highest BCUT2D eigenvalue weighted by atomic mass is 35.5. The Morgan fingerprint density at radius 3 is 1.48 bits per heavy atom. The molecule has 2 aromatic carbocycles. The molecule has 10 heteroatoms. The van der Waals surface area contributed by atoms with Gasteiger partial charge in [0.2, 0.25) is 11.9 Å². The summed E-state index contributed by atoms with van der Waals surface area (Å²) < 4.78 is 0. The summed E-state index contributed by atoms with van der Waals surface area (Å²) in [5.41, 5.74) is 25.6. The maximum Gasteiger partial charge on any atom is 0.209 e. The quantitative estimate of drug-likeness (QED) is 0.270. The van der Waals surface area contributed by atoms with Crippen LogP contribution >= 0.6 is 24.8 Å². The molecule has 2 aromatic rings. The number of rotatable bonds is 4. The third-order valence-electron chi connectivity index (χ3n) is 4.88. The van der Waals surface area contributed by atoms with Crippen molar-refractivity contribution >= 4 is 48.2 Å². The van der Waals surface area contributed by atoms with E-state index in [4.69, 9.17) is 11.5 Å². The second kappa shape index (κ2) is 11.3. The van der Waals surface area contributed by atoms with E-state index < -0.39 is 0 Å². The van der Waals surface area contributed by atoms with Crippen molar-refractivity contribution in [3.05, 3.63) is 58.7 Å². The molecule has 0 atom stereocenters. The van der Waals surface area contributed by atoms with Gasteiger partial charge in [-0.05, 0) is 65.8 Å². The molecule has 31 heavy (non-hydrogen) atoms. The number of aliphatic imine (C=N–C) groups is 2. The van der Waals surface area contributed by atoms with Gasteiger partial charge in [0.25, 0.3) is 0 Å². The standard InChI is InChI=1S/C21H26N8.2ClH/c1-12(26-28-20(22)24-3)14-5-7-18-16(9-14)11-17-10-15(6-8-19(17)18)13(2)27-29-21(23)25-4;;/h5-10H,11H2,1-4H3,(H3,22,24,28)(H3,23,25,29);2*1H. The van der Waals surface area contributed by atoms with E-state index in [-0.39, 0.29) is 36.7 Å². The molecule has 0 radical (unpaired) electrons. The van der Waals surface area contributed by atoms with Crippen LogP contribution in [0, 0.1) is 0 Å². The molecule has 0 bridgehead atoms. The van der Waals surface area contributed by atoms with Crippen LogP contribution in [0.1, 0.15) is 36.1 Å². The lowest BCUT2D eigenvalue weighted by molar-refractivity contribution is 0.997. The Kier molecular flexibility index (Phi) is 9.48. The minimum Gasteiger partial charge on any atom is -0.369 e. The van der Waals surface area contributed by atoms with Gasteiger partial charge in [-0.2, -0.15) is 10.2 Å². The lowest BCUT2D eigenvalue weighted by Crippen LogP contribution is -2.27. The first-order valence-corrected chi connectivity index (χ1v) is 9.25. The van der Waals surface area contributed by atoms with Crippen molar-refractivity contribution in [2.24, 2.45) is 31.7 Å². The van der Waals surface area contributed by atoms with Gasteiger partial charge in [-0.3, -0.25) is 9.98 Å². The lowest BCUT2D eigenvalue weighted by Gasteiger charge is -2.07. The van der Waals surface area contributed by atoms with Gasteiger partial charge in [-0.25, -0.2) is 10.9 Å². The summed E-state index contributed by atoms with van der Waals surface area (Å²) in [6, 6.07) is 12.8. The summed E-state index contributed by atoms with van der Waals surface area (Å²) in [5.74, 6) is 0.563. The predicted molar refractivity (Wildman–Crippen MR) is 135 cm³/mol. The number of benzene rings is 2. The Labute approximate surface area is 194 Å². The molecule has 1 aliphatic carbocycles. The Hall–Kier alpha value is -3.10. The molecule has 0 saturated heterocycles. The predicted octanol–water partition coefficient (Wildman–Crippen LogP) is 2.62. The van der Waals surface area contributed by atoms with Gasteiger partial charge in [0.1, 0.15) is 0 Å². The number of nitrogens with two attached hydrogens (primary N) is 2. The van der Waals surface area contributed by atoms with E-state index in [1.54, 1.807) is 14.1 Å². The van der Waals surface area contributed by atoms with E-state index >= 15 is 0 Å². The Morgan fingerprint density at radius 2 is 1.13 bits per heavy atom. The molecule has 0 aliphatic heterocycles. The molecule has 0 fully saturated rings.